The van der Waals surface area contributed by atoms with Crippen LogP contribution in [0.15, 0.2) is 0 Å². The van der Waals surface area contributed by atoms with Crippen molar-refractivity contribution in [2.75, 3.05) is 13.2 Å². The SMILES string of the molecule is CC(CN)C(C)(O)C1CCCCO1. The minimum Gasteiger partial charge on any atom is -0.387 e. The number of rotatable bonds is 3. The quantitative estimate of drug-likeness (QED) is 0.690. The number of aliphatic hydroxyl groups is 1. The topological polar surface area (TPSA) is 55.5 Å². The highest BCUT2D eigenvalue weighted by Gasteiger charge is 2.38. The second-order valence-corrected chi connectivity index (χ2v) is 4.22. The van der Waals surface area contributed by atoms with Gasteiger partial charge in [-0.25, -0.2) is 0 Å². The predicted molar refractivity (Wildman–Crippen MR) is 52.4 cm³/mol. The molecule has 0 amide bonds. The zero-order valence-corrected chi connectivity index (χ0v) is 8.62. The molecule has 0 saturated carbocycles. The molecule has 0 bridgehead atoms. The first-order valence-corrected chi connectivity index (χ1v) is 5.13. The van der Waals surface area contributed by atoms with Crippen LogP contribution in [0.3, 0.4) is 0 Å². The fourth-order valence-electron chi connectivity index (χ4n) is 1.76. The Kier molecular flexibility index (Phi) is 3.71. The van der Waals surface area contributed by atoms with Crippen LogP contribution >= 0.6 is 0 Å². The van der Waals surface area contributed by atoms with Crippen LogP contribution in [-0.2, 0) is 4.74 Å². The Morgan fingerprint density at radius 1 is 1.62 bits per heavy atom. The van der Waals surface area contributed by atoms with Crippen LogP contribution in [0.4, 0.5) is 0 Å². The fourth-order valence-corrected chi connectivity index (χ4v) is 1.76. The molecule has 1 heterocycles. The molecule has 3 nitrogen and oxygen atoms in total. The van der Waals surface area contributed by atoms with Crippen molar-refractivity contribution in [2.24, 2.45) is 11.7 Å². The lowest BCUT2D eigenvalue weighted by molar-refractivity contribution is -0.140. The van der Waals surface area contributed by atoms with Crippen LogP contribution in [0.25, 0.3) is 0 Å². The molecule has 1 fully saturated rings. The maximum atomic E-state index is 10.2. The summed E-state index contributed by atoms with van der Waals surface area (Å²) in [6, 6.07) is 0. The van der Waals surface area contributed by atoms with E-state index in [0.29, 0.717) is 6.54 Å². The monoisotopic (exact) mass is 187 g/mol. The van der Waals surface area contributed by atoms with E-state index in [1.54, 1.807) is 0 Å². The summed E-state index contributed by atoms with van der Waals surface area (Å²) in [4.78, 5) is 0. The van der Waals surface area contributed by atoms with Crippen LogP contribution < -0.4 is 5.73 Å². The molecule has 1 aliphatic rings. The highest BCUT2D eigenvalue weighted by atomic mass is 16.5. The van der Waals surface area contributed by atoms with E-state index in [1.807, 2.05) is 13.8 Å². The van der Waals surface area contributed by atoms with Gasteiger partial charge >= 0.3 is 0 Å². The van der Waals surface area contributed by atoms with E-state index in [4.69, 9.17) is 10.5 Å². The van der Waals surface area contributed by atoms with Gasteiger partial charge in [-0.2, -0.15) is 0 Å². The van der Waals surface area contributed by atoms with Crippen molar-refractivity contribution >= 4 is 0 Å². The van der Waals surface area contributed by atoms with Gasteiger partial charge in [-0.1, -0.05) is 6.92 Å². The molecule has 0 aromatic carbocycles. The van der Waals surface area contributed by atoms with E-state index in [9.17, 15) is 5.11 Å². The van der Waals surface area contributed by atoms with E-state index in [1.165, 1.54) is 0 Å². The molecular weight excluding hydrogens is 166 g/mol. The maximum Gasteiger partial charge on any atom is 0.0917 e. The van der Waals surface area contributed by atoms with Gasteiger partial charge in [0.15, 0.2) is 0 Å². The van der Waals surface area contributed by atoms with Gasteiger partial charge in [-0.3, -0.25) is 0 Å². The standard InChI is InChI=1S/C10H21NO2/c1-8(7-11)10(2,12)9-5-3-4-6-13-9/h8-9,12H,3-7,11H2,1-2H3. The molecule has 0 aliphatic carbocycles. The van der Waals surface area contributed by atoms with Gasteiger partial charge in [-0.15, -0.1) is 0 Å². The summed E-state index contributed by atoms with van der Waals surface area (Å²) in [7, 11) is 0. The third kappa shape index (κ3) is 2.42. The van der Waals surface area contributed by atoms with Crippen molar-refractivity contribution in [3.8, 4) is 0 Å². The fraction of sp³-hybridized carbons (Fsp3) is 1.00. The molecule has 3 heteroatoms. The Morgan fingerprint density at radius 3 is 2.77 bits per heavy atom. The van der Waals surface area contributed by atoms with Crippen LogP contribution in [0, 0.1) is 5.92 Å². The second-order valence-electron chi connectivity index (χ2n) is 4.22. The molecule has 1 aliphatic heterocycles. The highest BCUT2D eigenvalue weighted by molar-refractivity contribution is 4.89. The number of hydrogen-bond acceptors (Lipinski definition) is 3. The summed E-state index contributed by atoms with van der Waals surface area (Å²) in [6.07, 6.45) is 3.19. The Hall–Kier alpha value is -0.120. The molecule has 3 N–H and O–H groups in total. The van der Waals surface area contributed by atoms with E-state index in [2.05, 4.69) is 0 Å². The molecule has 0 aromatic heterocycles. The van der Waals surface area contributed by atoms with E-state index >= 15 is 0 Å². The van der Waals surface area contributed by atoms with Gasteiger partial charge in [0, 0.05) is 6.61 Å². The van der Waals surface area contributed by atoms with Crippen LogP contribution in [0.2, 0.25) is 0 Å². The van der Waals surface area contributed by atoms with Crippen molar-refractivity contribution in [2.45, 2.75) is 44.8 Å². The first kappa shape index (κ1) is 11.0. The van der Waals surface area contributed by atoms with E-state index in [0.717, 1.165) is 25.9 Å². The molecule has 13 heavy (non-hydrogen) atoms. The summed E-state index contributed by atoms with van der Waals surface area (Å²) in [5.41, 5.74) is 4.78. The smallest absolute Gasteiger partial charge is 0.0917 e. The largest absolute Gasteiger partial charge is 0.387 e. The van der Waals surface area contributed by atoms with Crippen molar-refractivity contribution in [3.63, 3.8) is 0 Å². The summed E-state index contributed by atoms with van der Waals surface area (Å²) in [5, 5.41) is 10.2. The lowest BCUT2D eigenvalue weighted by atomic mass is 9.82. The average Bonchev–Trinajstić information content (AvgIpc) is 2.18. The summed E-state index contributed by atoms with van der Waals surface area (Å²) in [6.45, 7) is 5.09. The minimum atomic E-state index is -0.769. The molecule has 0 spiro atoms. The highest BCUT2D eigenvalue weighted by Crippen LogP contribution is 2.28. The minimum absolute atomic E-state index is 0.0280. The molecule has 1 rings (SSSR count). The third-order valence-electron chi connectivity index (χ3n) is 3.18. The van der Waals surface area contributed by atoms with Gasteiger partial charge in [0.2, 0.25) is 0 Å². The van der Waals surface area contributed by atoms with Crippen LogP contribution in [-0.4, -0.2) is 30.0 Å². The van der Waals surface area contributed by atoms with Gasteiger partial charge in [-0.05, 0) is 38.6 Å². The van der Waals surface area contributed by atoms with Gasteiger partial charge in [0.05, 0.1) is 11.7 Å². The summed E-state index contributed by atoms with van der Waals surface area (Å²) in [5.74, 6) is 0.0931. The molecule has 0 radical (unpaired) electrons. The number of nitrogens with two attached hydrogens (primary N) is 1. The Balaban J connectivity index is 2.55. The van der Waals surface area contributed by atoms with Crippen molar-refractivity contribution in [1.29, 1.82) is 0 Å². The van der Waals surface area contributed by atoms with Crippen molar-refractivity contribution < 1.29 is 9.84 Å². The molecular formula is C10H21NO2. The van der Waals surface area contributed by atoms with E-state index in [-0.39, 0.29) is 12.0 Å². The molecule has 78 valence electrons. The predicted octanol–water partition coefficient (Wildman–Crippen LogP) is 0.901. The van der Waals surface area contributed by atoms with E-state index < -0.39 is 5.60 Å². The second kappa shape index (κ2) is 4.40. The van der Waals surface area contributed by atoms with Gasteiger partial charge < -0.3 is 15.6 Å². The Labute approximate surface area is 80.3 Å². The van der Waals surface area contributed by atoms with Crippen LogP contribution in [0.5, 0.6) is 0 Å². The molecule has 0 aromatic rings. The number of hydrogen-bond donors (Lipinski definition) is 2. The first-order valence-electron chi connectivity index (χ1n) is 5.13. The molecule has 1 saturated heterocycles. The first-order chi connectivity index (χ1) is 6.09. The maximum absolute atomic E-state index is 10.2. The Morgan fingerprint density at radius 2 is 2.31 bits per heavy atom. The lowest BCUT2D eigenvalue weighted by Gasteiger charge is -2.39. The number of ether oxygens (including phenoxy) is 1. The normalized spacial score (nSPS) is 30.9. The average molecular weight is 187 g/mol. The molecule has 3 atom stereocenters. The zero-order valence-electron chi connectivity index (χ0n) is 8.62. The molecule has 3 unspecified atom stereocenters. The Bertz CT molecular complexity index is 153. The summed E-state index contributed by atoms with van der Waals surface area (Å²) < 4.78 is 5.56. The zero-order chi connectivity index (χ0) is 9.90. The lowest BCUT2D eigenvalue weighted by Crippen LogP contribution is -2.50. The van der Waals surface area contributed by atoms with Gasteiger partial charge in [0.1, 0.15) is 0 Å². The third-order valence-corrected chi connectivity index (χ3v) is 3.18. The van der Waals surface area contributed by atoms with Crippen LogP contribution in [0.1, 0.15) is 33.1 Å². The van der Waals surface area contributed by atoms with Gasteiger partial charge in [0.25, 0.3) is 0 Å². The van der Waals surface area contributed by atoms with Crippen molar-refractivity contribution in [3.05, 3.63) is 0 Å². The van der Waals surface area contributed by atoms with Crippen molar-refractivity contribution in [1.82, 2.24) is 0 Å². The summed E-state index contributed by atoms with van der Waals surface area (Å²) >= 11 is 0.